The van der Waals surface area contributed by atoms with Crippen LogP contribution in [0.15, 0.2) is 0 Å². The lowest BCUT2D eigenvalue weighted by atomic mass is 9.97. The van der Waals surface area contributed by atoms with E-state index in [2.05, 4.69) is 5.32 Å². The molecule has 18 heavy (non-hydrogen) atoms. The number of hydrogen-bond donors (Lipinski definition) is 4. The Morgan fingerprint density at radius 1 is 1.44 bits per heavy atom. The van der Waals surface area contributed by atoms with Gasteiger partial charge in [-0.2, -0.15) is 0 Å². The van der Waals surface area contributed by atoms with Crippen LogP contribution in [0.2, 0.25) is 0 Å². The number of carboxylic acid groups (broad SMARTS) is 1. The lowest BCUT2D eigenvalue weighted by molar-refractivity contribution is -0.146. The number of rotatable bonds is 4. The van der Waals surface area contributed by atoms with Crippen molar-refractivity contribution in [3.8, 4) is 0 Å². The Morgan fingerprint density at radius 3 is 2.67 bits per heavy atom. The van der Waals surface area contributed by atoms with Gasteiger partial charge in [-0.1, -0.05) is 0 Å². The van der Waals surface area contributed by atoms with Crippen LogP contribution in [0.25, 0.3) is 0 Å². The van der Waals surface area contributed by atoms with Crippen molar-refractivity contribution in [1.82, 2.24) is 10.6 Å². The van der Waals surface area contributed by atoms with Gasteiger partial charge in [0.1, 0.15) is 6.10 Å². The number of carboxylic acids is 1. The molecule has 1 rings (SSSR count). The summed E-state index contributed by atoms with van der Waals surface area (Å²) >= 11 is 0. The second-order valence-electron chi connectivity index (χ2n) is 4.18. The number of urea groups is 1. The molecule has 5 N–H and O–H groups in total. The van der Waals surface area contributed by atoms with Gasteiger partial charge in [0.05, 0.1) is 12.0 Å². The molecule has 1 aliphatic rings. The SMILES string of the molecule is CC(OC1CNCC(C(=O)O)C1)C(=O)NC(N)=O. The number of aliphatic carboxylic acids is 1. The summed E-state index contributed by atoms with van der Waals surface area (Å²) < 4.78 is 5.39. The van der Waals surface area contributed by atoms with Crippen molar-refractivity contribution in [2.24, 2.45) is 11.7 Å². The summed E-state index contributed by atoms with van der Waals surface area (Å²) in [6.45, 7) is 2.33. The first-order valence-corrected chi connectivity index (χ1v) is 5.59. The average molecular weight is 259 g/mol. The Labute approximate surface area is 104 Å². The summed E-state index contributed by atoms with van der Waals surface area (Å²) in [5.74, 6) is -2.07. The highest BCUT2D eigenvalue weighted by atomic mass is 16.5. The fourth-order valence-corrected chi connectivity index (χ4v) is 1.77. The first-order valence-electron chi connectivity index (χ1n) is 5.59. The van der Waals surface area contributed by atoms with Gasteiger partial charge in [-0.05, 0) is 13.3 Å². The van der Waals surface area contributed by atoms with E-state index in [4.69, 9.17) is 15.6 Å². The maximum Gasteiger partial charge on any atom is 0.318 e. The van der Waals surface area contributed by atoms with Gasteiger partial charge in [-0.3, -0.25) is 14.9 Å². The van der Waals surface area contributed by atoms with E-state index in [0.717, 1.165) is 0 Å². The minimum absolute atomic E-state index is 0.330. The van der Waals surface area contributed by atoms with E-state index < -0.39 is 29.9 Å². The van der Waals surface area contributed by atoms with E-state index >= 15 is 0 Å². The molecule has 102 valence electrons. The molecule has 1 fully saturated rings. The van der Waals surface area contributed by atoms with Gasteiger partial charge in [0.15, 0.2) is 0 Å². The Bertz CT molecular complexity index is 346. The van der Waals surface area contributed by atoms with Gasteiger partial charge in [0, 0.05) is 13.1 Å². The minimum atomic E-state index is -0.944. The quantitative estimate of drug-likeness (QED) is 0.493. The number of piperidine rings is 1. The van der Waals surface area contributed by atoms with Crippen LogP contribution in [0, 0.1) is 5.92 Å². The zero-order chi connectivity index (χ0) is 13.7. The fourth-order valence-electron chi connectivity index (χ4n) is 1.77. The number of nitrogens with two attached hydrogens (primary N) is 1. The molecule has 3 amide bonds. The van der Waals surface area contributed by atoms with Gasteiger partial charge < -0.3 is 20.9 Å². The highest BCUT2D eigenvalue weighted by molar-refractivity contribution is 5.95. The fraction of sp³-hybridized carbons (Fsp3) is 0.700. The van der Waals surface area contributed by atoms with Crippen LogP contribution < -0.4 is 16.4 Å². The number of carbonyl (C=O) groups is 3. The summed E-state index contributed by atoms with van der Waals surface area (Å²) in [5.41, 5.74) is 4.81. The van der Waals surface area contributed by atoms with Crippen LogP contribution in [0.1, 0.15) is 13.3 Å². The zero-order valence-corrected chi connectivity index (χ0v) is 10.0. The molecule has 0 saturated carbocycles. The largest absolute Gasteiger partial charge is 0.481 e. The van der Waals surface area contributed by atoms with Crippen molar-refractivity contribution in [1.29, 1.82) is 0 Å². The van der Waals surface area contributed by atoms with Crippen LogP contribution in [0.4, 0.5) is 4.79 Å². The molecule has 0 aliphatic carbocycles. The zero-order valence-electron chi connectivity index (χ0n) is 10.0. The summed E-state index contributed by atoms with van der Waals surface area (Å²) in [4.78, 5) is 32.7. The van der Waals surface area contributed by atoms with Crippen molar-refractivity contribution < 1.29 is 24.2 Å². The van der Waals surface area contributed by atoms with Crippen LogP contribution in [0.3, 0.4) is 0 Å². The smallest absolute Gasteiger partial charge is 0.318 e. The first-order chi connectivity index (χ1) is 8.40. The molecule has 0 radical (unpaired) electrons. The van der Waals surface area contributed by atoms with E-state index in [1.54, 1.807) is 0 Å². The summed E-state index contributed by atoms with van der Waals surface area (Å²) in [6.07, 6.45) is -0.915. The molecule has 3 atom stereocenters. The third-order valence-corrected chi connectivity index (χ3v) is 2.67. The number of ether oxygens (including phenoxy) is 1. The number of nitrogens with one attached hydrogen (secondary N) is 2. The standard InChI is InChI=1S/C10H17N3O5/c1-5(8(14)13-10(11)17)18-7-2-6(9(15)16)3-12-4-7/h5-7,12H,2-4H2,1H3,(H,15,16)(H3,11,13,14,17). The lowest BCUT2D eigenvalue weighted by Gasteiger charge is -2.29. The van der Waals surface area contributed by atoms with Gasteiger partial charge in [0.25, 0.3) is 5.91 Å². The highest BCUT2D eigenvalue weighted by Gasteiger charge is 2.29. The normalized spacial score (nSPS) is 25.2. The Morgan fingerprint density at radius 2 is 2.11 bits per heavy atom. The molecule has 0 aromatic rings. The number of primary amides is 1. The molecule has 1 heterocycles. The van der Waals surface area contributed by atoms with Gasteiger partial charge >= 0.3 is 12.0 Å². The average Bonchev–Trinajstić information content (AvgIpc) is 2.28. The molecule has 8 nitrogen and oxygen atoms in total. The van der Waals surface area contributed by atoms with Crippen LogP contribution in [-0.4, -0.2) is 48.3 Å². The Balaban J connectivity index is 2.44. The maximum absolute atomic E-state index is 11.4. The highest BCUT2D eigenvalue weighted by Crippen LogP contribution is 2.15. The molecule has 8 heteroatoms. The molecule has 0 spiro atoms. The van der Waals surface area contributed by atoms with E-state index in [9.17, 15) is 14.4 Å². The van der Waals surface area contributed by atoms with Crippen molar-refractivity contribution >= 4 is 17.9 Å². The maximum atomic E-state index is 11.4. The van der Waals surface area contributed by atoms with Crippen molar-refractivity contribution in [3.05, 3.63) is 0 Å². The molecule has 3 unspecified atom stereocenters. The molecule has 0 aromatic carbocycles. The lowest BCUT2D eigenvalue weighted by Crippen LogP contribution is -2.48. The summed E-state index contributed by atoms with van der Waals surface area (Å²) in [5, 5.41) is 13.7. The monoisotopic (exact) mass is 259 g/mol. The van der Waals surface area contributed by atoms with Crippen LogP contribution >= 0.6 is 0 Å². The van der Waals surface area contributed by atoms with Crippen LogP contribution in [-0.2, 0) is 14.3 Å². The van der Waals surface area contributed by atoms with Crippen molar-refractivity contribution in [3.63, 3.8) is 0 Å². The second kappa shape index (κ2) is 6.31. The third-order valence-electron chi connectivity index (χ3n) is 2.67. The molecular weight excluding hydrogens is 242 g/mol. The third kappa shape index (κ3) is 4.30. The van der Waals surface area contributed by atoms with E-state index in [0.29, 0.717) is 19.5 Å². The van der Waals surface area contributed by atoms with Gasteiger partial charge in [-0.15, -0.1) is 0 Å². The molecule has 0 aromatic heterocycles. The van der Waals surface area contributed by atoms with Gasteiger partial charge in [-0.25, -0.2) is 4.79 Å². The number of imide groups is 1. The second-order valence-corrected chi connectivity index (χ2v) is 4.18. The predicted octanol–water partition coefficient (Wildman–Crippen LogP) is -1.35. The molecular formula is C10H17N3O5. The molecule has 0 bridgehead atoms. The van der Waals surface area contributed by atoms with Crippen molar-refractivity contribution in [2.45, 2.75) is 25.6 Å². The topological polar surface area (TPSA) is 131 Å². The molecule has 1 saturated heterocycles. The summed E-state index contributed by atoms with van der Waals surface area (Å²) in [7, 11) is 0. The van der Waals surface area contributed by atoms with Gasteiger partial charge in [0.2, 0.25) is 0 Å². The number of hydrogen-bond acceptors (Lipinski definition) is 5. The van der Waals surface area contributed by atoms with Crippen molar-refractivity contribution in [2.75, 3.05) is 13.1 Å². The Hall–Kier alpha value is -1.67. The van der Waals surface area contributed by atoms with E-state index in [1.807, 2.05) is 5.32 Å². The number of carbonyl (C=O) groups excluding carboxylic acids is 2. The predicted molar refractivity (Wildman–Crippen MR) is 60.7 cm³/mol. The van der Waals surface area contributed by atoms with E-state index in [1.165, 1.54) is 6.92 Å². The minimum Gasteiger partial charge on any atom is -0.481 e. The first kappa shape index (κ1) is 14.4. The van der Waals surface area contributed by atoms with E-state index in [-0.39, 0.29) is 6.10 Å². The number of amides is 3. The summed E-state index contributed by atoms with van der Waals surface area (Å²) in [6, 6.07) is -0.944. The molecule has 1 aliphatic heterocycles. The Kier molecular flexibility index (Phi) is 5.05. The van der Waals surface area contributed by atoms with Crippen LogP contribution in [0.5, 0.6) is 0 Å².